The first-order valence-corrected chi connectivity index (χ1v) is 5.79. The van der Waals surface area contributed by atoms with Crippen LogP contribution in [0.25, 0.3) is 0 Å². The maximum atomic E-state index is 11.6. The van der Waals surface area contributed by atoms with Crippen LogP contribution in [0.2, 0.25) is 0 Å². The molecule has 0 spiro atoms. The Bertz CT molecular complexity index is 203. The molecule has 1 fully saturated rings. The molecule has 88 valence electrons. The molecule has 1 aliphatic carbocycles. The molecule has 1 unspecified atom stereocenters. The number of ether oxygens (including phenoxy) is 1. The maximum absolute atomic E-state index is 11.6. The Morgan fingerprint density at radius 1 is 1.60 bits per heavy atom. The Balaban J connectivity index is 2.13. The SMILES string of the molecule is CCOC1CC(NC(=O)C(C)CCN)C1. The van der Waals surface area contributed by atoms with E-state index in [4.69, 9.17) is 10.5 Å². The number of nitrogens with two attached hydrogens (primary N) is 1. The van der Waals surface area contributed by atoms with Gasteiger partial charge in [0.2, 0.25) is 5.91 Å². The molecule has 4 nitrogen and oxygen atoms in total. The van der Waals surface area contributed by atoms with E-state index in [1.807, 2.05) is 13.8 Å². The fourth-order valence-electron chi connectivity index (χ4n) is 1.78. The smallest absolute Gasteiger partial charge is 0.223 e. The van der Waals surface area contributed by atoms with Gasteiger partial charge in [-0.25, -0.2) is 0 Å². The Hall–Kier alpha value is -0.610. The summed E-state index contributed by atoms with van der Waals surface area (Å²) in [6.07, 6.45) is 3.02. The molecular weight excluding hydrogens is 192 g/mol. The van der Waals surface area contributed by atoms with Gasteiger partial charge in [0.1, 0.15) is 0 Å². The summed E-state index contributed by atoms with van der Waals surface area (Å²) < 4.78 is 5.43. The topological polar surface area (TPSA) is 64.3 Å². The summed E-state index contributed by atoms with van der Waals surface area (Å²) >= 11 is 0. The van der Waals surface area contributed by atoms with E-state index in [0.717, 1.165) is 25.9 Å². The number of nitrogens with one attached hydrogen (secondary N) is 1. The number of carbonyl (C=O) groups is 1. The van der Waals surface area contributed by atoms with Crippen LogP contribution in [0.4, 0.5) is 0 Å². The molecule has 0 heterocycles. The number of rotatable bonds is 6. The van der Waals surface area contributed by atoms with Gasteiger partial charge in [0.05, 0.1) is 6.10 Å². The molecule has 1 atom stereocenters. The van der Waals surface area contributed by atoms with Crippen LogP contribution in [0.5, 0.6) is 0 Å². The summed E-state index contributed by atoms with van der Waals surface area (Å²) in [5.74, 6) is 0.154. The molecule has 0 aliphatic heterocycles. The molecule has 0 bridgehead atoms. The summed E-state index contributed by atoms with van der Waals surface area (Å²) in [6.45, 7) is 5.24. The predicted octanol–water partition coefficient (Wildman–Crippen LogP) is 0.655. The zero-order valence-electron chi connectivity index (χ0n) is 9.66. The Morgan fingerprint density at radius 2 is 2.27 bits per heavy atom. The van der Waals surface area contributed by atoms with Crippen LogP contribution in [-0.4, -0.2) is 31.2 Å². The minimum absolute atomic E-state index is 0.0288. The van der Waals surface area contributed by atoms with Crippen LogP contribution in [0.15, 0.2) is 0 Å². The molecule has 0 aromatic carbocycles. The van der Waals surface area contributed by atoms with E-state index in [-0.39, 0.29) is 11.8 Å². The van der Waals surface area contributed by atoms with Crippen molar-refractivity contribution in [3.63, 3.8) is 0 Å². The van der Waals surface area contributed by atoms with Crippen molar-refractivity contribution in [3.05, 3.63) is 0 Å². The lowest BCUT2D eigenvalue weighted by Gasteiger charge is -2.35. The van der Waals surface area contributed by atoms with E-state index >= 15 is 0 Å². The zero-order valence-corrected chi connectivity index (χ0v) is 9.66. The highest BCUT2D eigenvalue weighted by atomic mass is 16.5. The monoisotopic (exact) mass is 214 g/mol. The first kappa shape index (κ1) is 12.5. The van der Waals surface area contributed by atoms with Crippen LogP contribution in [0.3, 0.4) is 0 Å². The molecular formula is C11H22N2O2. The van der Waals surface area contributed by atoms with Crippen molar-refractivity contribution in [2.75, 3.05) is 13.2 Å². The van der Waals surface area contributed by atoms with Gasteiger partial charge in [0.15, 0.2) is 0 Å². The van der Waals surface area contributed by atoms with Crippen LogP contribution in [0, 0.1) is 5.92 Å². The van der Waals surface area contributed by atoms with Crippen molar-refractivity contribution in [1.82, 2.24) is 5.32 Å². The summed E-state index contributed by atoms with van der Waals surface area (Å²) in [5.41, 5.74) is 5.41. The molecule has 0 radical (unpaired) electrons. The van der Waals surface area contributed by atoms with E-state index in [1.54, 1.807) is 0 Å². The van der Waals surface area contributed by atoms with Crippen LogP contribution in [0.1, 0.15) is 33.1 Å². The first-order chi connectivity index (χ1) is 7.17. The highest BCUT2D eigenvalue weighted by molar-refractivity contribution is 5.78. The number of hydrogen-bond acceptors (Lipinski definition) is 3. The molecule has 0 aromatic heterocycles. The zero-order chi connectivity index (χ0) is 11.3. The van der Waals surface area contributed by atoms with Gasteiger partial charge in [-0.1, -0.05) is 6.92 Å². The second kappa shape index (κ2) is 6.08. The maximum Gasteiger partial charge on any atom is 0.223 e. The highest BCUT2D eigenvalue weighted by Crippen LogP contribution is 2.23. The molecule has 15 heavy (non-hydrogen) atoms. The summed E-state index contributed by atoms with van der Waals surface area (Å²) in [6, 6.07) is 0.314. The van der Waals surface area contributed by atoms with Crippen molar-refractivity contribution >= 4 is 5.91 Å². The van der Waals surface area contributed by atoms with Crippen molar-refractivity contribution in [2.45, 2.75) is 45.3 Å². The lowest BCUT2D eigenvalue weighted by molar-refractivity contribution is -0.127. The third-order valence-electron chi connectivity index (χ3n) is 2.89. The van der Waals surface area contributed by atoms with E-state index < -0.39 is 0 Å². The molecule has 1 rings (SSSR count). The molecule has 1 amide bonds. The molecule has 1 saturated carbocycles. The fourth-order valence-corrected chi connectivity index (χ4v) is 1.78. The Labute approximate surface area is 91.5 Å². The van der Waals surface area contributed by atoms with Gasteiger partial charge in [-0.15, -0.1) is 0 Å². The van der Waals surface area contributed by atoms with Gasteiger partial charge in [-0.2, -0.15) is 0 Å². The van der Waals surface area contributed by atoms with Gasteiger partial charge >= 0.3 is 0 Å². The molecule has 0 saturated heterocycles. The minimum Gasteiger partial charge on any atom is -0.378 e. The lowest BCUT2D eigenvalue weighted by Crippen LogP contribution is -2.49. The second-order valence-corrected chi connectivity index (χ2v) is 4.23. The molecule has 1 aliphatic rings. The normalized spacial score (nSPS) is 26.9. The van der Waals surface area contributed by atoms with E-state index in [2.05, 4.69) is 5.32 Å². The quantitative estimate of drug-likeness (QED) is 0.682. The third-order valence-corrected chi connectivity index (χ3v) is 2.89. The lowest BCUT2D eigenvalue weighted by atomic mass is 9.88. The van der Waals surface area contributed by atoms with Crippen molar-refractivity contribution in [1.29, 1.82) is 0 Å². The van der Waals surface area contributed by atoms with Crippen LogP contribution in [-0.2, 0) is 9.53 Å². The van der Waals surface area contributed by atoms with E-state index in [1.165, 1.54) is 0 Å². The van der Waals surface area contributed by atoms with E-state index in [9.17, 15) is 4.79 Å². The van der Waals surface area contributed by atoms with Gasteiger partial charge in [-0.3, -0.25) is 4.79 Å². The predicted molar refractivity (Wildman–Crippen MR) is 59.4 cm³/mol. The van der Waals surface area contributed by atoms with Gasteiger partial charge < -0.3 is 15.8 Å². The Kier molecular flexibility index (Phi) is 5.05. The number of hydrogen-bond donors (Lipinski definition) is 2. The molecule has 0 aromatic rings. The van der Waals surface area contributed by atoms with Crippen LogP contribution >= 0.6 is 0 Å². The van der Waals surface area contributed by atoms with Gasteiger partial charge in [0.25, 0.3) is 0 Å². The molecule has 4 heteroatoms. The first-order valence-electron chi connectivity index (χ1n) is 5.79. The highest BCUT2D eigenvalue weighted by Gasteiger charge is 2.31. The number of amides is 1. The minimum atomic E-state index is 0.0288. The summed E-state index contributed by atoms with van der Waals surface area (Å²) in [4.78, 5) is 11.6. The van der Waals surface area contributed by atoms with E-state index in [0.29, 0.717) is 18.7 Å². The van der Waals surface area contributed by atoms with Gasteiger partial charge in [0, 0.05) is 18.6 Å². The summed E-state index contributed by atoms with van der Waals surface area (Å²) in [5, 5.41) is 3.01. The second-order valence-electron chi connectivity index (χ2n) is 4.23. The fraction of sp³-hybridized carbons (Fsp3) is 0.909. The summed E-state index contributed by atoms with van der Waals surface area (Å²) in [7, 11) is 0. The Morgan fingerprint density at radius 3 is 2.80 bits per heavy atom. The third kappa shape index (κ3) is 3.80. The van der Waals surface area contributed by atoms with Crippen molar-refractivity contribution in [2.24, 2.45) is 11.7 Å². The average Bonchev–Trinajstić information content (AvgIpc) is 2.14. The van der Waals surface area contributed by atoms with Crippen molar-refractivity contribution < 1.29 is 9.53 Å². The average molecular weight is 214 g/mol. The standard InChI is InChI=1S/C11H22N2O2/c1-3-15-10-6-9(7-10)13-11(14)8(2)4-5-12/h8-10H,3-7,12H2,1-2H3,(H,13,14). The van der Waals surface area contributed by atoms with Crippen LogP contribution < -0.4 is 11.1 Å². The van der Waals surface area contributed by atoms with Crippen molar-refractivity contribution in [3.8, 4) is 0 Å². The largest absolute Gasteiger partial charge is 0.378 e. The number of carbonyl (C=O) groups excluding carboxylic acids is 1. The van der Waals surface area contributed by atoms with Gasteiger partial charge in [-0.05, 0) is 32.7 Å². The molecule has 3 N–H and O–H groups in total.